The maximum atomic E-state index is 13.8. The first-order valence-corrected chi connectivity index (χ1v) is 11.6. The summed E-state index contributed by atoms with van der Waals surface area (Å²) in [7, 11) is 0. The molecule has 4 amide bonds. The van der Waals surface area contributed by atoms with E-state index in [9.17, 15) is 19.2 Å². The van der Waals surface area contributed by atoms with Gasteiger partial charge >= 0.3 is 18.3 Å². The second-order valence-corrected chi connectivity index (χ2v) is 10.2. The minimum atomic E-state index is -0.717. The van der Waals surface area contributed by atoms with E-state index >= 15 is 0 Å². The third-order valence-electron chi connectivity index (χ3n) is 6.49. The van der Waals surface area contributed by atoms with Gasteiger partial charge in [-0.15, -0.1) is 0 Å². The number of amides is 4. The lowest BCUT2D eigenvalue weighted by Crippen LogP contribution is -2.64. The molecule has 35 heavy (non-hydrogen) atoms. The second-order valence-electron chi connectivity index (χ2n) is 10.2. The van der Waals surface area contributed by atoms with Gasteiger partial charge in [0.25, 0.3) is 0 Å². The van der Waals surface area contributed by atoms with Crippen LogP contribution in [0.15, 0.2) is 43.0 Å². The van der Waals surface area contributed by atoms with Gasteiger partial charge in [-0.3, -0.25) is 4.79 Å². The van der Waals surface area contributed by atoms with Crippen molar-refractivity contribution in [3.8, 4) is 0 Å². The van der Waals surface area contributed by atoms with Crippen molar-refractivity contribution in [2.45, 2.75) is 32.4 Å². The fourth-order valence-corrected chi connectivity index (χ4v) is 4.91. The number of hydrogen-bond donors (Lipinski definition) is 0. The van der Waals surface area contributed by atoms with E-state index in [-0.39, 0.29) is 39.4 Å². The zero-order valence-electron chi connectivity index (χ0n) is 20.3. The lowest BCUT2D eigenvalue weighted by atomic mass is 9.71. The highest BCUT2D eigenvalue weighted by molar-refractivity contribution is 5.96. The average molecular weight is 486 g/mol. The molecule has 3 heterocycles. The number of carbonyl (C=O) groups is 4. The largest absolute Gasteiger partial charge is 0.446 e. The molecule has 0 radical (unpaired) electrons. The zero-order chi connectivity index (χ0) is 25.4. The Kier molecular flexibility index (Phi) is 6.48. The molecule has 3 aliphatic heterocycles. The molecule has 4 rings (SSSR count). The van der Waals surface area contributed by atoms with E-state index in [4.69, 9.17) is 14.2 Å². The number of imide groups is 1. The van der Waals surface area contributed by atoms with Gasteiger partial charge in [-0.2, -0.15) is 0 Å². The van der Waals surface area contributed by atoms with E-state index in [1.807, 2.05) is 30.3 Å². The zero-order valence-corrected chi connectivity index (χ0v) is 20.3. The number of cyclic esters (lactones) is 1. The number of nitrogens with zero attached hydrogens (tertiary/aromatic N) is 3. The molecule has 0 N–H and O–H groups in total. The number of ether oxygens (including phenoxy) is 3. The Bertz CT molecular complexity index is 1010. The van der Waals surface area contributed by atoms with Crippen LogP contribution in [0.5, 0.6) is 0 Å². The fraction of sp³-hybridized carbons (Fsp3) is 0.520. The Morgan fingerprint density at radius 2 is 1.77 bits per heavy atom. The Morgan fingerprint density at radius 1 is 1.11 bits per heavy atom. The van der Waals surface area contributed by atoms with Crippen molar-refractivity contribution in [1.82, 2.24) is 14.7 Å². The monoisotopic (exact) mass is 485 g/mol. The highest BCUT2D eigenvalue weighted by Gasteiger charge is 2.61. The van der Waals surface area contributed by atoms with Gasteiger partial charge in [0.05, 0.1) is 5.92 Å². The summed E-state index contributed by atoms with van der Waals surface area (Å²) < 4.78 is 15.9. The van der Waals surface area contributed by atoms with Gasteiger partial charge < -0.3 is 24.0 Å². The van der Waals surface area contributed by atoms with Crippen LogP contribution in [0.25, 0.3) is 0 Å². The lowest BCUT2D eigenvalue weighted by Gasteiger charge is -2.50. The van der Waals surface area contributed by atoms with E-state index in [0.717, 1.165) is 10.5 Å². The molecule has 0 bridgehead atoms. The van der Waals surface area contributed by atoms with Crippen LogP contribution in [-0.4, -0.2) is 83.9 Å². The first-order valence-electron chi connectivity index (χ1n) is 11.6. The standard InChI is InChI=1S/C25H31N3O7/c1-5-11-33-21(30)26-12-18(25(14-26)15-27(16-25)22(31)35-24(2,3)4)20(29)28-19(13-34-23(28)32)17-9-7-6-8-10-17/h5-10,18-19H,1,11-16H2,2-4H3/t18-,19-/m0/s1. The van der Waals surface area contributed by atoms with Gasteiger partial charge in [-0.1, -0.05) is 43.0 Å². The molecule has 1 aromatic carbocycles. The van der Waals surface area contributed by atoms with Crippen molar-refractivity contribution in [3.63, 3.8) is 0 Å². The Labute approximate surface area is 204 Å². The molecule has 10 heteroatoms. The van der Waals surface area contributed by atoms with Crippen LogP contribution in [0.2, 0.25) is 0 Å². The Hall–Kier alpha value is -3.56. The number of benzene rings is 1. The predicted octanol–water partition coefficient (Wildman–Crippen LogP) is 3.20. The number of likely N-dealkylation sites (tertiary alicyclic amines) is 2. The summed E-state index contributed by atoms with van der Waals surface area (Å²) in [5.74, 6) is -1.14. The van der Waals surface area contributed by atoms with Gasteiger partial charge in [-0.25, -0.2) is 19.3 Å². The maximum Gasteiger partial charge on any atom is 0.417 e. The topological polar surface area (TPSA) is 106 Å². The molecule has 1 aromatic rings. The molecular weight excluding hydrogens is 454 g/mol. The molecule has 3 fully saturated rings. The van der Waals surface area contributed by atoms with E-state index < -0.39 is 47.2 Å². The molecule has 0 aliphatic carbocycles. The molecule has 188 valence electrons. The van der Waals surface area contributed by atoms with Crippen molar-refractivity contribution >= 4 is 24.2 Å². The quantitative estimate of drug-likeness (QED) is 0.476. The molecule has 1 spiro atoms. The van der Waals surface area contributed by atoms with Crippen molar-refractivity contribution in [2.24, 2.45) is 11.3 Å². The summed E-state index contributed by atoms with van der Waals surface area (Å²) in [6.07, 6.45) is -0.302. The summed E-state index contributed by atoms with van der Waals surface area (Å²) in [5.41, 5.74) is -0.594. The molecule has 3 saturated heterocycles. The first kappa shape index (κ1) is 24.6. The van der Waals surface area contributed by atoms with Gasteiger partial charge in [-0.05, 0) is 26.3 Å². The lowest BCUT2D eigenvalue weighted by molar-refractivity contribution is -0.141. The Morgan fingerprint density at radius 3 is 2.40 bits per heavy atom. The van der Waals surface area contributed by atoms with Gasteiger partial charge in [0, 0.05) is 31.6 Å². The fourth-order valence-electron chi connectivity index (χ4n) is 4.91. The molecule has 0 unspecified atom stereocenters. The predicted molar refractivity (Wildman–Crippen MR) is 124 cm³/mol. The average Bonchev–Trinajstić information content (AvgIpc) is 3.37. The summed E-state index contributed by atoms with van der Waals surface area (Å²) in [6.45, 7) is 9.73. The van der Waals surface area contributed by atoms with Crippen LogP contribution in [0, 0.1) is 11.3 Å². The summed E-state index contributed by atoms with van der Waals surface area (Å²) >= 11 is 0. The smallest absolute Gasteiger partial charge is 0.417 e. The molecule has 10 nitrogen and oxygen atoms in total. The minimum Gasteiger partial charge on any atom is -0.446 e. The van der Waals surface area contributed by atoms with Crippen LogP contribution in [-0.2, 0) is 19.0 Å². The highest BCUT2D eigenvalue weighted by Crippen LogP contribution is 2.46. The number of rotatable bonds is 4. The van der Waals surface area contributed by atoms with Crippen molar-refractivity contribution in [2.75, 3.05) is 39.4 Å². The van der Waals surface area contributed by atoms with E-state index in [1.54, 1.807) is 20.8 Å². The van der Waals surface area contributed by atoms with E-state index in [2.05, 4.69) is 6.58 Å². The second kappa shape index (κ2) is 9.24. The SMILES string of the molecule is C=CCOC(=O)N1C[C@@H](C(=O)N2C(=O)OC[C@H]2c2ccccc2)C2(C1)CN(C(=O)OC(C)(C)C)C2. The van der Waals surface area contributed by atoms with Gasteiger partial charge in [0.15, 0.2) is 0 Å². The van der Waals surface area contributed by atoms with Crippen LogP contribution >= 0.6 is 0 Å². The molecule has 0 aromatic heterocycles. The normalized spacial score (nSPS) is 23.1. The highest BCUT2D eigenvalue weighted by atomic mass is 16.6. The summed E-state index contributed by atoms with van der Waals surface area (Å²) in [6, 6.07) is 8.64. The molecule has 0 saturated carbocycles. The van der Waals surface area contributed by atoms with Crippen LogP contribution < -0.4 is 0 Å². The van der Waals surface area contributed by atoms with Crippen LogP contribution in [0.1, 0.15) is 32.4 Å². The molecular formula is C25H31N3O7. The van der Waals surface area contributed by atoms with Crippen LogP contribution in [0.4, 0.5) is 14.4 Å². The number of hydrogen-bond acceptors (Lipinski definition) is 7. The Balaban J connectivity index is 1.57. The van der Waals surface area contributed by atoms with E-state index in [0.29, 0.717) is 0 Å². The maximum absolute atomic E-state index is 13.8. The van der Waals surface area contributed by atoms with Crippen LogP contribution in [0.3, 0.4) is 0 Å². The minimum absolute atomic E-state index is 0.0412. The van der Waals surface area contributed by atoms with Gasteiger partial charge in [0.1, 0.15) is 24.9 Å². The molecule has 3 aliphatic rings. The third kappa shape index (κ3) is 4.82. The van der Waals surface area contributed by atoms with Gasteiger partial charge in [0.2, 0.25) is 5.91 Å². The summed E-state index contributed by atoms with van der Waals surface area (Å²) in [5, 5.41) is 0. The third-order valence-corrected chi connectivity index (χ3v) is 6.49. The molecule has 2 atom stereocenters. The number of carbonyl (C=O) groups excluding carboxylic acids is 4. The van der Waals surface area contributed by atoms with Crippen molar-refractivity contribution in [1.29, 1.82) is 0 Å². The van der Waals surface area contributed by atoms with E-state index in [1.165, 1.54) is 15.9 Å². The van der Waals surface area contributed by atoms with Crippen molar-refractivity contribution in [3.05, 3.63) is 48.6 Å². The summed E-state index contributed by atoms with van der Waals surface area (Å²) in [4.78, 5) is 55.8. The van der Waals surface area contributed by atoms with Crippen molar-refractivity contribution < 1.29 is 33.4 Å². The first-order chi connectivity index (χ1) is 16.5.